The smallest absolute Gasteiger partial charge is 0.129 e. The molecule has 3 unspecified atom stereocenters. The minimum absolute atomic E-state index is 0.0915. The van der Waals surface area contributed by atoms with E-state index in [9.17, 15) is 4.39 Å². The molecule has 20 heavy (non-hydrogen) atoms. The molecule has 1 aromatic carbocycles. The first-order valence-corrected chi connectivity index (χ1v) is 8.60. The quantitative estimate of drug-likeness (QED) is 0.750. The first-order valence-electron chi connectivity index (χ1n) is 7.80. The van der Waals surface area contributed by atoms with Crippen molar-refractivity contribution in [3.8, 4) is 0 Å². The topological polar surface area (TPSA) is 12.0 Å². The highest BCUT2D eigenvalue weighted by Crippen LogP contribution is 2.40. The van der Waals surface area contributed by atoms with E-state index in [0.29, 0.717) is 5.92 Å². The van der Waals surface area contributed by atoms with Gasteiger partial charge in [0.15, 0.2) is 0 Å². The largest absolute Gasteiger partial charge is 0.310 e. The maximum absolute atomic E-state index is 14.3. The normalized spacial score (nSPS) is 24.6. The lowest BCUT2D eigenvalue weighted by Gasteiger charge is -2.35. The van der Waals surface area contributed by atoms with Crippen LogP contribution in [-0.4, -0.2) is 6.54 Å². The molecule has 1 N–H and O–H groups in total. The molecule has 0 aromatic heterocycles. The van der Waals surface area contributed by atoms with E-state index >= 15 is 0 Å². The van der Waals surface area contributed by atoms with Crippen molar-refractivity contribution < 1.29 is 4.39 Å². The van der Waals surface area contributed by atoms with E-state index in [4.69, 9.17) is 0 Å². The Balaban J connectivity index is 2.26. The standard InChI is InChI=1S/C17H25BrFN/c1-3-10-20-17(13-7-4-6-12(2)11-13)16-14(18)8-5-9-15(16)19/h5,8-9,12-13,17,20H,3-4,6-7,10-11H2,1-2H3. The minimum atomic E-state index is -0.0915. The maximum Gasteiger partial charge on any atom is 0.129 e. The number of nitrogens with one attached hydrogen (secondary N) is 1. The zero-order valence-electron chi connectivity index (χ0n) is 12.5. The Hall–Kier alpha value is -0.410. The van der Waals surface area contributed by atoms with Gasteiger partial charge in [-0.1, -0.05) is 48.7 Å². The fourth-order valence-corrected chi connectivity index (χ4v) is 3.98. The molecule has 0 radical (unpaired) electrons. The molecule has 0 amide bonds. The molecule has 0 heterocycles. The lowest BCUT2D eigenvalue weighted by molar-refractivity contribution is 0.220. The highest BCUT2D eigenvalue weighted by atomic mass is 79.9. The maximum atomic E-state index is 14.3. The summed E-state index contributed by atoms with van der Waals surface area (Å²) >= 11 is 3.54. The highest BCUT2D eigenvalue weighted by molar-refractivity contribution is 9.10. The van der Waals surface area contributed by atoms with Crippen molar-refractivity contribution in [3.05, 3.63) is 34.1 Å². The van der Waals surface area contributed by atoms with Gasteiger partial charge in [0.2, 0.25) is 0 Å². The Bertz CT molecular complexity index is 415. The van der Waals surface area contributed by atoms with E-state index in [1.54, 1.807) is 12.1 Å². The molecule has 1 aliphatic carbocycles. The average molecular weight is 342 g/mol. The number of rotatable bonds is 5. The number of hydrogen-bond acceptors (Lipinski definition) is 1. The summed E-state index contributed by atoms with van der Waals surface area (Å²) in [6.45, 7) is 5.42. The summed E-state index contributed by atoms with van der Waals surface area (Å²) in [6, 6.07) is 5.43. The molecule has 1 aliphatic rings. The Morgan fingerprint density at radius 3 is 2.85 bits per heavy atom. The van der Waals surface area contributed by atoms with Crippen LogP contribution in [0.25, 0.3) is 0 Å². The van der Waals surface area contributed by atoms with Gasteiger partial charge in [-0.25, -0.2) is 4.39 Å². The van der Waals surface area contributed by atoms with Crippen LogP contribution in [0.4, 0.5) is 4.39 Å². The van der Waals surface area contributed by atoms with Crippen molar-refractivity contribution in [3.63, 3.8) is 0 Å². The molecule has 2 rings (SSSR count). The van der Waals surface area contributed by atoms with Gasteiger partial charge in [-0.15, -0.1) is 0 Å². The van der Waals surface area contributed by atoms with Crippen LogP contribution in [0.5, 0.6) is 0 Å². The summed E-state index contributed by atoms with van der Waals surface area (Å²) in [5.41, 5.74) is 0.819. The van der Waals surface area contributed by atoms with Crippen LogP contribution in [0, 0.1) is 17.7 Å². The Morgan fingerprint density at radius 2 is 2.20 bits per heavy atom. The molecule has 3 atom stereocenters. The summed E-state index contributed by atoms with van der Waals surface area (Å²) in [5.74, 6) is 1.20. The van der Waals surface area contributed by atoms with Crippen molar-refractivity contribution in [1.29, 1.82) is 0 Å². The summed E-state index contributed by atoms with van der Waals surface area (Å²) in [7, 11) is 0. The minimum Gasteiger partial charge on any atom is -0.310 e. The van der Waals surface area contributed by atoms with Gasteiger partial charge in [0.05, 0.1) is 0 Å². The monoisotopic (exact) mass is 341 g/mol. The predicted octanol–water partition coefficient (Wildman–Crippen LogP) is 5.46. The SMILES string of the molecule is CCCNC(c1c(F)cccc1Br)C1CCCC(C)C1. The van der Waals surface area contributed by atoms with E-state index in [2.05, 4.69) is 35.1 Å². The first kappa shape index (κ1) is 16.0. The van der Waals surface area contributed by atoms with Crippen molar-refractivity contribution in [2.24, 2.45) is 11.8 Å². The lowest BCUT2D eigenvalue weighted by Crippen LogP contribution is -2.32. The van der Waals surface area contributed by atoms with E-state index < -0.39 is 0 Å². The fraction of sp³-hybridized carbons (Fsp3) is 0.647. The van der Waals surface area contributed by atoms with Crippen LogP contribution in [0.1, 0.15) is 57.6 Å². The third-order valence-corrected chi connectivity index (χ3v) is 5.06. The second-order valence-electron chi connectivity index (χ2n) is 6.10. The van der Waals surface area contributed by atoms with Crippen LogP contribution in [0.3, 0.4) is 0 Å². The van der Waals surface area contributed by atoms with Crippen LogP contribution in [-0.2, 0) is 0 Å². The average Bonchev–Trinajstić information content (AvgIpc) is 2.42. The summed E-state index contributed by atoms with van der Waals surface area (Å²) < 4.78 is 15.2. The molecule has 1 fully saturated rings. The zero-order valence-corrected chi connectivity index (χ0v) is 14.0. The first-order chi connectivity index (χ1) is 9.63. The third kappa shape index (κ3) is 3.82. The molecule has 1 aromatic rings. The van der Waals surface area contributed by atoms with Gasteiger partial charge in [0, 0.05) is 16.1 Å². The molecule has 1 nitrogen and oxygen atoms in total. The van der Waals surface area contributed by atoms with Gasteiger partial charge in [-0.05, 0) is 49.8 Å². The van der Waals surface area contributed by atoms with Gasteiger partial charge in [-0.2, -0.15) is 0 Å². The van der Waals surface area contributed by atoms with E-state index in [0.717, 1.165) is 28.9 Å². The third-order valence-electron chi connectivity index (χ3n) is 4.37. The second-order valence-corrected chi connectivity index (χ2v) is 6.95. The number of benzene rings is 1. The lowest BCUT2D eigenvalue weighted by atomic mass is 9.76. The van der Waals surface area contributed by atoms with Crippen LogP contribution in [0.2, 0.25) is 0 Å². The molecule has 112 valence electrons. The number of halogens is 2. The van der Waals surface area contributed by atoms with E-state index in [1.165, 1.54) is 25.7 Å². The molecule has 0 saturated heterocycles. The fourth-order valence-electron chi connectivity index (χ4n) is 3.40. The Labute approximate surface area is 130 Å². The van der Waals surface area contributed by atoms with E-state index in [1.807, 2.05) is 6.07 Å². The van der Waals surface area contributed by atoms with Gasteiger partial charge in [0.25, 0.3) is 0 Å². The van der Waals surface area contributed by atoms with E-state index in [-0.39, 0.29) is 11.9 Å². The molecular weight excluding hydrogens is 317 g/mol. The molecule has 0 aliphatic heterocycles. The molecular formula is C17H25BrFN. The van der Waals surface area contributed by atoms with Crippen molar-refractivity contribution >= 4 is 15.9 Å². The van der Waals surface area contributed by atoms with Crippen molar-refractivity contribution in [2.45, 2.75) is 52.0 Å². The van der Waals surface area contributed by atoms with Crippen LogP contribution in [0.15, 0.2) is 22.7 Å². The summed E-state index contributed by atoms with van der Waals surface area (Å²) in [4.78, 5) is 0. The van der Waals surface area contributed by atoms with Crippen molar-refractivity contribution in [2.75, 3.05) is 6.54 Å². The highest BCUT2D eigenvalue weighted by Gasteiger charge is 2.30. The van der Waals surface area contributed by atoms with Gasteiger partial charge < -0.3 is 5.32 Å². The predicted molar refractivity (Wildman–Crippen MR) is 86.3 cm³/mol. The summed E-state index contributed by atoms with van der Waals surface area (Å²) in [6.07, 6.45) is 6.05. The van der Waals surface area contributed by atoms with Crippen LogP contribution >= 0.6 is 15.9 Å². The summed E-state index contributed by atoms with van der Waals surface area (Å²) in [5, 5.41) is 3.59. The Kier molecular flexibility index (Phi) is 6.03. The second kappa shape index (κ2) is 7.56. The van der Waals surface area contributed by atoms with Gasteiger partial charge in [-0.3, -0.25) is 0 Å². The number of hydrogen-bond donors (Lipinski definition) is 1. The molecule has 0 bridgehead atoms. The molecule has 0 spiro atoms. The molecule has 1 saturated carbocycles. The molecule has 3 heteroatoms. The zero-order chi connectivity index (χ0) is 14.5. The van der Waals surface area contributed by atoms with Crippen LogP contribution < -0.4 is 5.32 Å². The van der Waals surface area contributed by atoms with Crippen molar-refractivity contribution in [1.82, 2.24) is 5.32 Å². The van der Waals surface area contributed by atoms with Gasteiger partial charge >= 0.3 is 0 Å². The Morgan fingerprint density at radius 1 is 1.40 bits per heavy atom. The van der Waals surface area contributed by atoms with Gasteiger partial charge in [0.1, 0.15) is 5.82 Å².